The maximum Gasteiger partial charge on any atom is 0.266 e. The van der Waals surface area contributed by atoms with Crippen LogP contribution in [0.3, 0.4) is 0 Å². The molecule has 4 nitrogen and oxygen atoms in total. The summed E-state index contributed by atoms with van der Waals surface area (Å²) < 4.78 is 1.72. The molecule has 0 N–H and O–H groups in total. The van der Waals surface area contributed by atoms with E-state index in [4.69, 9.17) is 9.97 Å². The predicted octanol–water partition coefficient (Wildman–Crippen LogP) is 10.9. The first-order valence-electron chi connectivity index (χ1n) is 16.5. The molecule has 10 aromatic rings. The monoisotopic (exact) mass is 625 g/mol. The van der Waals surface area contributed by atoms with Crippen LogP contribution in [0.1, 0.15) is 0 Å². The van der Waals surface area contributed by atoms with Gasteiger partial charge in [0, 0.05) is 5.56 Å². The third-order valence-electron chi connectivity index (χ3n) is 9.76. The Morgan fingerprint density at radius 1 is 0.367 bits per heavy atom. The summed E-state index contributed by atoms with van der Waals surface area (Å²) in [6.45, 7) is 0. The molecule has 2 aromatic heterocycles. The van der Waals surface area contributed by atoms with E-state index in [0.717, 1.165) is 38.9 Å². The van der Waals surface area contributed by atoms with Gasteiger partial charge in [-0.1, -0.05) is 127 Å². The van der Waals surface area contributed by atoms with E-state index in [1.54, 1.807) is 4.40 Å². The summed E-state index contributed by atoms with van der Waals surface area (Å²) in [6, 6.07) is 56.5. The molecule has 4 heteroatoms. The first kappa shape index (κ1) is 27.5. The van der Waals surface area contributed by atoms with Crippen LogP contribution >= 0.6 is 0 Å². The van der Waals surface area contributed by atoms with E-state index in [9.17, 15) is 4.79 Å². The summed E-state index contributed by atoms with van der Waals surface area (Å²) in [6.07, 6.45) is 0. The van der Waals surface area contributed by atoms with Crippen LogP contribution in [0.4, 0.5) is 0 Å². The van der Waals surface area contributed by atoms with Gasteiger partial charge in [0.2, 0.25) is 0 Å². The van der Waals surface area contributed by atoms with Gasteiger partial charge >= 0.3 is 0 Å². The molecule has 0 aliphatic heterocycles. The smallest absolute Gasteiger partial charge is 0.266 e. The molecule has 0 amide bonds. The molecule has 0 fully saturated rings. The lowest BCUT2D eigenvalue weighted by Crippen LogP contribution is -2.17. The van der Waals surface area contributed by atoms with Crippen molar-refractivity contribution in [1.82, 2.24) is 14.4 Å². The third-order valence-corrected chi connectivity index (χ3v) is 9.76. The molecule has 0 radical (unpaired) electrons. The number of benzene rings is 8. The normalized spacial score (nSPS) is 11.8. The number of aromatic nitrogens is 3. The maximum atomic E-state index is 14.0. The Morgan fingerprint density at radius 2 is 0.898 bits per heavy atom. The SMILES string of the molecule is O=c1c2ccccc2nc2c(-c3ccccc3)nc3cc(-c4cccc(-c5ccc6c7ccccc7c7ccccc7c6c5)c4)ccc3n12. The fraction of sp³-hybridized carbons (Fsp3) is 0. The van der Waals surface area contributed by atoms with Gasteiger partial charge in [0.05, 0.1) is 21.9 Å². The molecular weight excluding hydrogens is 599 g/mol. The van der Waals surface area contributed by atoms with Gasteiger partial charge in [-0.25, -0.2) is 9.97 Å². The van der Waals surface area contributed by atoms with Crippen LogP contribution in [-0.2, 0) is 0 Å². The van der Waals surface area contributed by atoms with Crippen LogP contribution < -0.4 is 5.56 Å². The Hall–Kier alpha value is -6.65. The molecule has 0 aliphatic rings. The van der Waals surface area contributed by atoms with Crippen molar-refractivity contribution in [1.29, 1.82) is 0 Å². The number of hydrogen-bond acceptors (Lipinski definition) is 3. The lowest BCUT2D eigenvalue weighted by Gasteiger charge is -2.14. The third kappa shape index (κ3) is 4.28. The van der Waals surface area contributed by atoms with Gasteiger partial charge in [0.1, 0.15) is 5.69 Å². The lowest BCUT2D eigenvalue weighted by molar-refractivity contribution is 1.11. The van der Waals surface area contributed by atoms with Crippen molar-refractivity contribution in [2.75, 3.05) is 0 Å². The molecule has 0 spiro atoms. The zero-order valence-corrected chi connectivity index (χ0v) is 26.3. The average molecular weight is 626 g/mol. The largest absolute Gasteiger partial charge is 0.268 e. The Morgan fingerprint density at radius 3 is 1.61 bits per heavy atom. The van der Waals surface area contributed by atoms with Crippen LogP contribution in [0, 0.1) is 0 Å². The standard InChI is InChI=1S/C45H27N3O/c49-45-38-19-8-9-20-40(38)47-44-43(28-11-2-1-3-12-28)46-41-27-32(22-24-42(41)48(44)45)30-14-10-13-29(25-30)31-21-23-37-35-17-5-4-15-33(35)34-16-6-7-18-36(34)39(37)26-31/h1-27H. The van der Waals surface area contributed by atoms with Crippen molar-refractivity contribution >= 4 is 59.9 Å². The lowest BCUT2D eigenvalue weighted by atomic mass is 9.91. The van der Waals surface area contributed by atoms with Crippen LogP contribution in [0.25, 0.3) is 93.4 Å². The molecule has 228 valence electrons. The van der Waals surface area contributed by atoms with E-state index < -0.39 is 0 Å². The van der Waals surface area contributed by atoms with Gasteiger partial charge < -0.3 is 0 Å². The Labute approximate surface area is 281 Å². The minimum Gasteiger partial charge on any atom is -0.268 e. The highest BCUT2D eigenvalue weighted by atomic mass is 16.1. The van der Waals surface area contributed by atoms with Gasteiger partial charge in [-0.2, -0.15) is 0 Å². The second kappa shape index (κ2) is 10.7. The first-order valence-corrected chi connectivity index (χ1v) is 16.5. The topological polar surface area (TPSA) is 47.3 Å². The van der Waals surface area contributed by atoms with Crippen LogP contribution in [-0.4, -0.2) is 14.4 Å². The van der Waals surface area contributed by atoms with E-state index in [-0.39, 0.29) is 5.56 Å². The van der Waals surface area contributed by atoms with Gasteiger partial charge in [0.25, 0.3) is 5.56 Å². The molecule has 10 rings (SSSR count). The van der Waals surface area contributed by atoms with Gasteiger partial charge in [-0.15, -0.1) is 0 Å². The molecule has 0 saturated carbocycles. The molecule has 0 unspecified atom stereocenters. The second-order valence-corrected chi connectivity index (χ2v) is 12.6. The number of hydrogen-bond donors (Lipinski definition) is 0. The predicted molar refractivity (Wildman–Crippen MR) is 203 cm³/mol. The van der Waals surface area contributed by atoms with Crippen molar-refractivity contribution in [2.24, 2.45) is 0 Å². The summed E-state index contributed by atoms with van der Waals surface area (Å²) >= 11 is 0. The number of para-hydroxylation sites is 1. The Bertz CT molecular complexity index is 2980. The maximum absolute atomic E-state index is 14.0. The number of fused-ring (bicyclic) bond motifs is 10. The molecule has 49 heavy (non-hydrogen) atoms. The Balaban J connectivity index is 1.16. The van der Waals surface area contributed by atoms with Gasteiger partial charge in [-0.3, -0.25) is 9.20 Å². The van der Waals surface area contributed by atoms with Crippen LogP contribution in [0.5, 0.6) is 0 Å². The van der Waals surface area contributed by atoms with Gasteiger partial charge in [0.15, 0.2) is 5.65 Å². The quantitative estimate of drug-likeness (QED) is 0.145. The zero-order valence-electron chi connectivity index (χ0n) is 26.3. The van der Waals surface area contributed by atoms with Crippen molar-refractivity contribution in [3.05, 3.63) is 174 Å². The molecule has 2 heterocycles. The summed E-state index contributed by atoms with van der Waals surface area (Å²) in [4.78, 5) is 24.1. The van der Waals surface area contributed by atoms with Crippen LogP contribution in [0.2, 0.25) is 0 Å². The molecule has 0 atom stereocenters. The van der Waals surface area contributed by atoms with E-state index in [1.165, 1.54) is 32.3 Å². The van der Waals surface area contributed by atoms with E-state index in [2.05, 4.69) is 103 Å². The van der Waals surface area contributed by atoms with Gasteiger partial charge in [-0.05, 0) is 91.0 Å². The molecule has 8 aromatic carbocycles. The average Bonchev–Trinajstić information content (AvgIpc) is 3.17. The molecular formula is C45H27N3O. The molecule has 0 aliphatic carbocycles. The Kier molecular flexibility index (Phi) is 5.99. The highest BCUT2D eigenvalue weighted by molar-refractivity contribution is 6.25. The minimum absolute atomic E-state index is 0.100. The van der Waals surface area contributed by atoms with E-state index >= 15 is 0 Å². The van der Waals surface area contributed by atoms with Crippen molar-refractivity contribution in [3.8, 4) is 33.5 Å². The van der Waals surface area contributed by atoms with Crippen molar-refractivity contribution in [2.45, 2.75) is 0 Å². The van der Waals surface area contributed by atoms with Crippen molar-refractivity contribution < 1.29 is 0 Å². The molecule has 0 bridgehead atoms. The highest BCUT2D eigenvalue weighted by Gasteiger charge is 2.17. The van der Waals surface area contributed by atoms with E-state index in [1.807, 2.05) is 60.7 Å². The molecule has 0 saturated heterocycles. The second-order valence-electron chi connectivity index (χ2n) is 12.6. The summed E-state index contributed by atoms with van der Waals surface area (Å²) in [5.74, 6) is 0. The number of rotatable bonds is 3. The summed E-state index contributed by atoms with van der Waals surface area (Å²) in [7, 11) is 0. The van der Waals surface area contributed by atoms with E-state index in [0.29, 0.717) is 22.2 Å². The minimum atomic E-state index is -0.100. The highest BCUT2D eigenvalue weighted by Crippen LogP contribution is 2.38. The number of nitrogens with zero attached hydrogens (tertiary/aromatic N) is 3. The van der Waals surface area contributed by atoms with Crippen LogP contribution in [0.15, 0.2) is 169 Å². The van der Waals surface area contributed by atoms with Crippen molar-refractivity contribution in [3.63, 3.8) is 0 Å². The summed E-state index contributed by atoms with van der Waals surface area (Å²) in [5.41, 5.74) is 8.57. The first-order chi connectivity index (χ1) is 24.2. The summed E-state index contributed by atoms with van der Waals surface area (Å²) in [5, 5.41) is 8.16. The fourth-order valence-corrected chi connectivity index (χ4v) is 7.42. The fourth-order valence-electron chi connectivity index (χ4n) is 7.42. The zero-order chi connectivity index (χ0) is 32.5.